The summed E-state index contributed by atoms with van der Waals surface area (Å²) in [5.74, 6) is -0.929. The first-order chi connectivity index (χ1) is 7.15. The summed E-state index contributed by atoms with van der Waals surface area (Å²) >= 11 is 5.23. The summed E-state index contributed by atoms with van der Waals surface area (Å²) in [6.45, 7) is 0. The van der Waals surface area contributed by atoms with Gasteiger partial charge >= 0.3 is 0 Å². The number of carbonyl (C=O) groups is 1. The van der Waals surface area contributed by atoms with E-state index in [0.717, 1.165) is 0 Å². The van der Waals surface area contributed by atoms with Gasteiger partial charge < -0.3 is 5.32 Å². The summed E-state index contributed by atoms with van der Waals surface area (Å²) < 4.78 is 25.2. The molecule has 0 aliphatic carbocycles. The van der Waals surface area contributed by atoms with E-state index in [9.17, 15) is 13.6 Å². The number of hydrogen-bond acceptors (Lipinski definition) is 1. The monoisotopic (exact) mass is 233 g/mol. The second-order valence-corrected chi connectivity index (χ2v) is 3.19. The van der Waals surface area contributed by atoms with E-state index in [4.69, 9.17) is 11.6 Å². The zero-order valence-corrected chi connectivity index (χ0v) is 8.55. The van der Waals surface area contributed by atoms with E-state index in [1.807, 2.05) is 0 Å². The quantitative estimate of drug-likeness (QED) is 0.795. The molecule has 0 unspecified atom stereocenters. The Balaban J connectivity index is 2.79. The SMILES string of the molecule is O=C(CCl)N[C@H](c1ccccc1)C(F)F. The van der Waals surface area contributed by atoms with E-state index in [0.29, 0.717) is 5.56 Å². The van der Waals surface area contributed by atoms with Crippen LogP contribution in [-0.2, 0) is 4.79 Å². The number of amides is 1. The first-order valence-corrected chi connectivity index (χ1v) is 4.87. The van der Waals surface area contributed by atoms with Gasteiger partial charge in [0.1, 0.15) is 11.9 Å². The average Bonchev–Trinajstić information content (AvgIpc) is 2.26. The van der Waals surface area contributed by atoms with Crippen LogP contribution in [0.2, 0.25) is 0 Å². The van der Waals surface area contributed by atoms with Crippen LogP contribution < -0.4 is 5.32 Å². The maximum absolute atomic E-state index is 12.6. The lowest BCUT2D eigenvalue weighted by Crippen LogP contribution is -2.33. The lowest BCUT2D eigenvalue weighted by atomic mass is 10.1. The standard InChI is InChI=1S/C10H10ClF2NO/c11-6-8(15)14-9(10(12)13)7-4-2-1-3-5-7/h1-5,9-10H,6H2,(H,14,15)/t9-/m1/s1. The molecule has 1 N–H and O–H groups in total. The van der Waals surface area contributed by atoms with Crippen LogP contribution in [0.3, 0.4) is 0 Å². The molecule has 5 heteroatoms. The summed E-state index contributed by atoms with van der Waals surface area (Å²) in [4.78, 5) is 10.9. The van der Waals surface area contributed by atoms with Gasteiger partial charge in [-0.25, -0.2) is 8.78 Å². The Hall–Kier alpha value is -1.16. The topological polar surface area (TPSA) is 29.1 Å². The summed E-state index contributed by atoms with van der Waals surface area (Å²) in [6.07, 6.45) is -2.65. The van der Waals surface area contributed by atoms with E-state index < -0.39 is 18.4 Å². The molecule has 0 heterocycles. The van der Waals surface area contributed by atoms with Crippen molar-refractivity contribution in [1.82, 2.24) is 5.32 Å². The molecule has 15 heavy (non-hydrogen) atoms. The molecule has 1 atom stereocenters. The zero-order chi connectivity index (χ0) is 11.3. The van der Waals surface area contributed by atoms with E-state index >= 15 is 0 Å². The van der Waals surface area contributed by atoms with Crippen molar-refractivity contribution in [3.8, 4) is 0 Å². The average molecular weight is 234 g/mol. The number of rotatable bonds is 4. The Kier molecular flexibility index (Phi) is 4.49. The number of hydrogen-bond donors (Lipinski definition) is 1. The third-order valence-electron chi connectivity index (χ3n) is 1.85. The van der Waals surface area contributed by atoms with Crippen LogP contribution in [0.1, 0.15) is 11.6 Å². The van der Waals surface area contributed by atoms with E-state index in [1.165, 1.54) is 12.1 Å². The van der Waals surface area contributed by atoms with Gasteiger partial charge in [0.25, 0.3) is 6.43 Å². The molecule has 0 fully saturated rings. The van der Waals surface area contributed by atoms with Gasteiger partial charge in [-0.2, -0.15) is 0 Å². The fraction of sp³-hybridized carbons (Fsp3) is 0.300. The van der Waals surface area contributed by atoms with E-state index in [-0.39, 0.29) is 5.88 Å². The van der Waals surface area contributed by atoms with Crippen LogP contribution in [0.5, 0.6) is 0 Å². The molecule has 0 bridgehead atoms. The Bertz CT molecular complexity index is 318. The first-order valence-electron chi connectivity index (χ1n) is 4.33. The molecule has 0 radical (unpaired) electrons. The normalized spacial score (nSPS) is 12.5. The molecule has 0 aliphatic heterocycles. The lowest BCUT2D eigenvalue weighted by molar-refractivity contribution is -0.120. The molecule has 1 aromatic rings. The molecule has 0 saturated carbocycles. The minimum absolute atomic E-state index is 0.323. The lowest BCUT2D eigenvalue weighted by Gasteiger charge is -2.17. The molecule has 82 valence electrons. The number of benzene rings is 1. The van der Waals surface area contributed by atoms with Crippen molar-refractivity contribution >= 4 is 17.5 Å². The highest BCUT2D eigenvalue weighted by Gasteiger charge is 2.23. The van der Waals surface area contributed by atoms with Crippen LogP contribution >= 0.6 is 11.6 Å². The number of alkyl halides is 3. The molecule has 0 spiro atoms. The van der Waals surface area contributed by atoms with Gasteiger partial charge in [-0.1, -0.05) is 30.3 Å². The van der Waals surface area contributed by atoms with Crippen LogP contribution in [0.15, 0.2) is 30.3 Å². The highest BCUT2D eigenvalue weighted by Crippen LogP contribution is 2.20. The smallest absolute Gasteiger partial charge is 0.262 e. The van der Waals surface area contributed by atoms with Gasteiger partial charge in [-0.3, -0.25) is 4.79 Å². The predicted octanol–water partition coefficient (Wildman–Crippen LogP) is 2.35. The van der Waals surface area contributed by atoms with Gasteiger partial charge in [-0.15, -0.1) is 11.6 Å². The Labute approximate surface area is 91.2 Å². The van der Waals surface area contributed by atoms with Gasteiger partial charge in [-0.05, 0) is 5.56 Å². The van der Waals surface area contributed by atoms with Gasteiger partial charge in [0.05, 0.1) is 0 Å². The van der Waals surface area contributed by atoms with Crippen molar-refractivity contribution in [2.45, 2.75) is 12.5 Å². The van der Waals surface area contributed by atoms with Gasteiger partial charge in [0.2, 0.25) is 5.91 Å². The molecule has 2 nitrogen and oxygen atoms in total. The van der Waals surface area contributed by atoms with E-state index in [2.05, 4.69) is 5.32 Å². The minimum atomic E-state index is -2.65. The second kappa shape index (κ2) is 5.66. The number of halogens is 3. The second-order valence-electron chi connectivity index (χ2n) is 2.92. The largest absolute Gasteiger partial charge is 0.343 e. The molecule has 1 amide bonds. The summed E-state index contributed by atoms with van der Waals surface area (Å²) in [7, 11) is 0. The molecule has 0 aromatic heterocycles. The van der Waals surface area contributed by atoms with Crippen molar-refractivity contribution in [2.24, 2.45) is 0 Å². The third kappa shape index (κ3) is 3.47. The highest BCUT2D eigenvalue weighted by molar-refractivity contribution is 6.27. The maximum atomic E-state index is 12.6. The molecule has 1 rings (SSSR count). The Morgan fingerprint density at radius 1 is 1.33 bits per heavy atom. The molecular formula is C10H10ClF2NO. The van der Waals surface area contributed by atoms with Crippen LogP contribution in [-0.4, -0.2) is 18.2 Å². The maximum Gasteiger partial charge on any atom is 0.262 e. The summed E-state index contributed by atoms with van der Waals surface area (Å²) in [5, 5.41) is 2.16. The summed E-state index contributed by atoms with van der Waals surface area (Å²) in [5.41, 5.74) is 0.367. The van der Waals surface area contributed by atoms with Crippen molar-refractivity contribution in [3.05, 3.63) is 35.9 Å². The van der Waals surface area contributed by atoms with Crippen molar-refractivity contribution in [2.75, 3.05) is 5.88 Å². The highest BCUT2D eigenvalue weighted by atomic mass is 35.5. The first kappa shape index (κ1) is 11.9. The molecule has 1 aromatic carbocycles. The summed E-state index contributed by atoms with van der Waals surface area (Å²) in [6, 6.07) is 6.76. The van der Waals surface area contributed by atoms with Crippen molar-refractivity contribution < 1.29 is 13.6 Å². The number of nitrogens with one attached hydrogen (secondary N) is 1. The fourth-order valence-corrected chi connectivity index (χ4v) is 1.24. The van der Waals surface area contributed by atoms with Crippen molar-refractivity contribution in [1.29, 1.82) is 0 Å². The van der Waals surface area contributed by atoms with E-state index in [1.54, 1.807) is 18.2 Å². The van der Waals surface area contributed by atoms with Gasteiger partial charge in [0.15, 0.2) is 0 Å². The molecule has 0 aliphatic rings. The number of carbonyl (C=O) groups excluding carboxylic acids is 1. The van der Waals surface area contributed by atoms with Crippen LogP contribution in [0.4, 0.5) is 8.78 Å². The zero-order valence-electron chi connectivity index (χ0n) is 7.79. The minimum Gasteiger partial charge on any atom is -0.343 e. The Morgan fingerprint density at radius 3 is 2.40 bits per heavy atom. The van der Waals surface area contributed by atoms with Crippen LogP contribution in [0, 0.1) is 0 Å². The van der Waals surface area contributed by atoms with Crippen molar-refractivity contribution in [3.63, 3.8) is 0 Å². The fourth-order valence-electron chi connectivity index (χ4n) is 1.16. The Morgan fingerprint density at radius 2 is 1.93 bits per heavy atom. The van der Waals surface area contributed by atoms with Gasteiger partial charge in [0, 0.05) is 0 Å². The molecular weight excluding hydrogens is 224 g/mol. The van der Waals surface area contributed by atoms with Crippen LogP contribution in [0.25, 0.3) is 0 Å². The predicted molar refractivity (Wildman–Crippen MR) is 54.0 cm³/mol. The third-order valence-corrected chi connectivity index (χ3v) is 2.09. The molecule has 0 saturated heterocycles.